The average molecular weight is 340 g/mol. The summed E-state index contributed by atoms with van der Waals surface area (Å²) in [6, 6.07) is 19.2. The van der Waals surface area contributed by atoms with Gasteiger partial charge in [-0.05, 0) is 41.9 Å². The van der Waals surface area contributed by atoms with Crippen LogP contribution in [0, 0.1) is 0 Å². The number of aryl methyl sites for hydroxylation is 1. The second-order valence-corrected chi connectivity index (χ2v) is 6.62. The Bertz CT molecular complexity index is 646. The van der Waals surface area contributed by atoms with Crippen LogP contribution in [0.5, 0.6) is 0 Å². The van der Waals surface area contributed by atoms with Crippen LogP contribution in [0.4, 0.5) is 5.69 Å². The van der Waals surface area contributed by atoms with Gasteiger partial charge in [-0.2, -0.15) is 0 Å². The molecule has 0 unspecified atom stereocenters. The largest absolute Gasteiger partial charge is 0.346 e. The van der Waals surface area contributed by atoms with Crippen molar-refractivity contribution < 1.29 is 0 Å². The van der Waals surface area contributed by atoms with Crippen LogP contribution in [-0.2, 0) is 13.0 Å². The van der Waals surface area contributed by atoms with Gasteiger partial charge in [0.05, 0.1) is 0 Å². The molecule has 1 aliphatic rings. The molecule has 0 amide bonds. The predicted molar refractivity (Wildman–Crippen MR) is 105 cm³/mol. The highest BCUT2D eigenvalue weighted by atomic mass is 32.1. The molecule has 2 aromatic rings. The maximum Gasteiger partial charge on any atom is 0.173 e. The van der Waals surface area contributed by atoms with E-state index in [0.717, 1.165) is 49.9 Å². The average Bonchev–Trinajstić information content (AvgIpc) is 2.64. The lowest BCUT2D eigenvalue weighted by Gasteiger charge is -2.36. The van der Waals surface area contributed by atoms with Crippen molar-refractivity contribution in [1.29, 1.82) is 0 Å². The van der Waals surface area contributed by atoms with Crippen molar-refractivity contribution in [1.82, 2.24) is 9.80 Å². The Morgan fingerprint density at radius 2 is 1.58 bits per heavy atom. The number of anilines is 1. The summed E-state index contributed by atoms with van der Waals surface area (Å²) in [6.45, 7) is 7.24. The minimum atomic E-state index is 0.832. The third-order valence-electron chi connectivity index (χ3n) is 4.52. The molecule has 2 aromatic carbocycles. The molecule has 3 nitrogen and oxygen atoms in total. The van der Waals surface area contributed by atoms with Gasteiger partial charge in [-0.1, -0.05) is 49.4 Å². The van der Waals surface area contributed by atoms with Gasteiger partial charge >= 0.3 is 0 Å². The Kier molecular flexibility index (Phi) is 5.83. The molecular formula is C20H25N3S. The van der Waals surface area contributed by atoms with Crippen molar-refractivity contribution in [2.24, 2.45) is 0 Å². The molecule has 0 bridgehead atoms. The number of benzene rings is 2. The zero-order valence-corrected chi connectivity index (χ0v) is 15.1. The molecule has 0 atom stereocenters. The third-order valence-corrected chi connectivity index (χ3v) is 4.88. The Morgan fingerprint density at radius 1 is 0.917 bits per heavy atom. The number of nitrogens with one attached hydrogen (secondary N) is 1. The van der Waals surface area contributed by atoms with Crippen LogP contribution in [-0.4, -0.2) is 41.1 Å². The fraction of sp³-hybridized carbons (Fsp3) is 0.350. The lowest BCUT2D eigenvalue weighted by atomic mass is 10.1. The van der Waals surface area contributed by atoms with Crippen LogP contribution in [0.15, 0.2) is 54.6 Å². The maximum absolute atomic E-state index is 5.58. The van der Waals surface area contributed by atoms with E-state index in [1.807, 2.05) is 0 Å². The Morgan fingerprint density at radius 3 is 2.21 bits per heavy atom. The standard InChI is InChI=1S/C20H25N3S/c1-2-17-8-10-19(11-9-17)21-20(24)23-14-12-22(13-15-23)16-18-6-4-3-5-7-18/h3-11H,2,12-16H2,1H3,(H,21,24). The summed E-state index contributed by atoms with van der Waals surface area (Å²) in [5.41, 5.74) is 3.80. The van der Waals surface area contributed by atoms with Crippen LogP contribution < -0.4 is 5.32 Å². The first-order chi connectivity index (χ1) is 11.7. The van der Waals surface area contributed by atoms with Crippen molar-refractivity contribution in [3.63, 3.8) is 0 Å². The van der Waals surface area contributed by atoms with Gasteiger partial charge in [0, 0.05) is 38.4 Å². The minimum Gasteiger partial charge on any atom is -0.346 e. The molecule has 3 rings (SSSR count). The quantitative estimate of drug-likeness (QED) is 0.855. The van der Waals surface area contributed by atoms with Gasteiger partial charge in [0.25, 0.3) is 0 Å². The van der Waals surface area contributed by atoms with E-state index >= 15 is 0 Å². The first kappa shape index (κ1) is 16.9. The molecule has 1 heterocycles. The van der Waals surface area contributed by atoms with Gasteiger partial charge in [-0.25, -0.2) is 0 Å². The number of hydrogen-bond donors (Lipinski definition) is 1. The van der Waals surface area contributed by atoms with E-state index in [4.69, 9.17) is 12.2 Å². The zero-order valence-electron chi connectivity index (χ0n) is 14.2. The molecular weight excluding hydrogens is 314 g/mol. The summed E-state index contributed by atoms with van der Waals surface area (Å²) in [5.74, 6) is 0. The summed E-state index contributed by atoms with van der Waals surface area (Å²) >= 11 is 5.58. The molecule has 0 aliphatic carbocycles. The van der Waals surface area contributed by atoms with E-state index in [-0.39, 0.29) is 0 Å². The molecule has 24 heavy (non-hydrogen) atoms. The van der Waals surface area contributed by atoms with Crippen molar-refractivity contribution in [3.05, 3.63) is 65.7 Å². The van der Waals surface area contributed by atoms with Gasteiger partial charge in [-0.3, -0.25) is 4.90 Å². The summed E-state index contributed by atoms with van der Waals surface area (Å²) in [7, 11) is 0. The number of thiocarbonyl (C=S) groups is 1. The van der Waals surface area contributed by atoms with E-state index < -0.39 is 0 Å². The van der Waals surface area contributed by atoms with Crippen LogP contribution in [0.2, 0.25) is 0 Å². The Hall–Kier alpha value is -1.91. The Labute approximate surface area is 150 Å². The molecule has 4 heteroatoms. The number of rotatable bonds is 4. The summed E-state index contributed by atoms with van der Waals surface area (Å²) in [5, 5.41) is 4.20. The predicted octanol–water partition coefficient (Wildman–Crippen LogP) is 3.76. The van der Waals surface area contributed by atoms with E-state index in [1.165, 1.54) is 11.1 Å². The number of nitrogens with zero attached hydrogens (tertiary/aromatic N) is 2. The lowest BCUT2D eigenvalue weighted by molar-refractivity contribution is 0.177. The van der Waals surface area contributed by atoms with E-state index in [2.05, 4.69) is 76.6 Å². The second kappa shape index (κ2) is 8.27. The molecule has 0 aromatic heterocycles. The normalized spacial score (nSPS) is 15.3. The van der Waals surface area contributed by atoms with Crippen molar-refractivity contribution in [2.75, 3.05) is 31.5 Å². The van der Waals surface area contributed by atoms with Gasteiger partial charge in [0.2, 0.25) is 0 Å². The SMILES string of the molecule is CCc1ccc(NC(=S)N2CCN(Cc3ccccc3)CC2)cc1. The fourth-order valence-corrected chi connectivity index (χ4v) is 3.28. The molecule has 1 aliphatic heterocycles. The first-order valence-corrected chi connectivity index (χ1v) is 9.06. The second-order valence-electron chi connectivity index (χ2n) is 6.23. The lowest BCUT2D eigenvalue weighted by Crippen LogP contribution is -2.49. The van der Waals surface area contributed by atoms with E-state index in [9.17, 15) is 0 Å². The molecule has 0 saturated carbocycles. The zero-order chi connectivity index (χ0) is 16.8. The van der Waals surface area contributed by atoms with E-state index in [0.29, 0.717) is 0 Å². The molecule has 1 N–H and O–H groups in total. The topological polar surface area (TPSA) is 18.5 Å². The smallest absolute Gasteiger partial charge is 0.173 e. The Balaban J connectivity index is 1.47. The van der Waals surface area contributed by atoms with Crippen molar-refractivity contribution >= 4 is 23.0 Å². The third kappa shape index (κ3) is 4.56. The van der Waals surface area contributed by atoms with Crippen LogP contribution in [0.3, 0.4) is 0 Å². The van der Waals surface area contributed by atoms with Gasteiger partial charge in [0.1, 0.15) is 0 Å². The van der Waals surface area contributed by atoms with Crippen LogP contribution in [0.25, 0.3) is 0 Å². The highest BCUT2D eigenvalue weighted by Gasteiger charge is 2.18. The summed E-state index contributed by atoms with van der Waals surface area (Å²) in [4.78, 5) is 4.76. The first-order valence-electron chi connectivity index (χ1n) is 8.66. The molecule has 0 spiro atoms. The molecule has 1 fully saturated rings. The highest BCUT2D eigenvalue weighted by Crippen LogP contribution is 2.13. The highest BCUT2D eigenvalue weighted by molar-refractivity contribution is 7.80. The minimum absolute atomic E-state index is 0.832. The van der Waals surface area contributed by atoms with Crippen molar-refractivity contribution in [2.45, 2.75) is 19.9 Å². The maximum atomic E-state index is 5.58. The van der Waals surface area contributed by atoms with Gasteiger partial charge < -0.3 is 10.2 Å². The molecule has 126 valence electrons. The monoisotopic (exact) mass is 339 g/mol. The van der Waals surface area contributed by atoms with Crippen molar-refractivity contribution in [3.8, 4) is 0 Å². The molecule has 0 radical (unpaired) electrons. The van der Waals surface area contributed by atoms with Gasteiger partial charge in [-0.15, -0.1) is 0 Å². The summed E-state index contributed by atoms with van der Waals surface area (Å²) < 4.78 is 0. The number of piperazine rings is 1. The molecule has 1 saturated heterocycles. The van der Waals surface area contributed by atoms with Gasteiger partial charge in [0.15, 0.2) is 5.11 Å². The fourth-order valence-electron chi connectivity index (χ4n) is 2.98. The van der Waals surface area contributed by atoms with E-state index in [1.54, 1.807) is 0 Å². The van der Waals surface area contributed by atoms with Crippen LogP contribution in [0.1, 0.15) is 18.1 Å². The summed E-state index contributed by atoms with van der Waals surface area (Å²) in [6.07, 6.45) is 1.06. The number of hydrogen-bond acceptors (Lipinski definition) is 2. The van der Waals surface area contributed by atoms with Crippen LogP contribution >= 0.6 is 12.2 Å².